The summed E-state index contributed by atoms with van der Waals surface area (Å²) in [5.41, 5.74) is 4.88. The van der Waals surface area contributed by atoms with Crippen molar-refractivity contribution < 1.29 is 14.4 Å². The molecular weight excluding hydrogens is 320 g/mol. The Morgan fingerprint density at radius 1 is 1.26 bits per heavy atom. The van der Waals surface area contributed by atoms with E-state index in [1.54, 1.807) is 4.90 Å². The van der Waals surface area contributed by atoms with Gasteiger partial charge in [0, 0.05) is 13.1 Å². The molecule has 0 aromatic carbocycles. The highest BCUT2D eigenvalue weighted by Gasteiger charge is 2.51. The predicted molar refractivity (Wildman–Crippen MR) is 87.1 cm³/mol. The van der Waals surface area contributed by atoms with Gasteiger partial charge in [0.25, 0.3) is 5.91 Å². The minimum absolute atomic E-state index is 0. The first-order chi connectivity index (χ1) is 10.6. The Hall–Kier alpha value is -1.34. The molecular formula is C15H25ClN4O3. The van der Waals surface area contributed by atoms with Gasteiger partial charge in [0.2, 0.25) is 5.91 Å². The maximum atomic E-state index is 12.6. The molecule has 0 radical (unpaired) electrons. The van der Waals surface area contributed by atoms with E-state index in [1.807, 2.05) is 0 Å². The van der Waals surface area contributed by atoms with Crippen molar-refractivity contribution in [2.45, 2.75) is 44.1 Å². The third kappa shape index (κ3) is 3.30. The largest absolute Gasteiger partial charge is 0.341 e. The first-order valence-electron chi connectivity index (χ1n) is 8.18. The quantitative estimate of drug-likeness (QED) is 0.727. The number of nitrogens with zero attached hydrogens (tertiary/aromatic N) is 2. The molecule has 3 fully saturated rings. The van der Waals surface area contributed by atoms with Gasteiger partial charge in [-0.3, -0.25) is 14.5 Å². The third-order valence-corrected chi connectivity index (χ3v) is 5.22. The molecule has 23 heavy (non-hydrogen) atoms. The van der Waals surface area contributed by atoms with Gasteiger partial charge in [-0.05, 0) is 31.7 Å². The number of amides is 4. The zero-order valence-electron chi connectivity index (χ0n) is 13.3. The van der Waals surface area contributed by atoms with E-state index in [-0.39, 0.29) is 30.8 Å². The Balaban J connectivity index is 0.00000192. The smallest absolute Gasteiger partial charge is 0.325 e. The number of imide groups is 1. The van der Waals surface area contributed by atoms with Crippen LogP contribution in [0.4, 0.5) is 4.79 Å². The second kappa shape index (κ2) is 7.05. The minimum atomic E-state index is -0.750. The molecule has 2 aliphatic heterocycles. The van der Waals surface area contributed by atoms with Gasteiger partial charge in [0.1, 0.15) is 12.1 Å². The monoisotopic (exact) mass is 344 g/mol. The number of hydrogen-bond acceptors (Lipinski definition) is 4. The molecule has 130 valence electrons. The Bertz CT molecular complexity index is 493. The third-order valence-electron chi connectivity index (χ3n) is 5.22. The summed E-state index contributed by atoms with van der Waals surface area (Å²) in [5, 5.41) is 2.83. The maximum Gasteiger partial charge on any atom is 0.325 e. The van der Waals surface area contributed by atoms with Crippen molar-refractivity contribution in [3.05, 3.63) is 0 Å². The van der Waals surface area contributed by atoms with Crippen LogP contribution in [0.25, 0.3) is 0 Å². The number of hydrogen-bond donors (Lipinski definition) is 2. The number of carbonyl (C=O) groups excluding carboxylic acids is 3. The SMILES string of the molecule is Cl.NCC1CCN(C(=O)CN2C(=O)NC3(CCCCC3)C2=O)C1. The van der Waals surface area contributed by atoms with Gasteiger partial charge in [-0.25, -0.2) is 4.79 Å². The summed E-state index contributed by atoms with van der Waals surface area (Å²) >= 11 is 0. The fourth-order valence-electron chi connectivity index (χ4n) is 3.80. The van der Waals surface area contributed by atoms with Gasteiger partial charge >= 0.3 is 6.03 Å². The molecule has 1 aliphatic carbocycles. The number of likely N-dealkylation sites (tertiary alicyclic amines) is 1. The zero-order chi connectivity index (χ0) is 15.7. The predicted octanol–water partition coefficient (Wildman–Crippen LogP) is 0.470. The van der Waals surface area contributed by atoms with Crippen molar-refractivity contribution in [1.29, 1.82) is 0 Å². The van der Waals surface area contributed by atoms with Crippen molar-refractivity contribution >= 4 is 30.3 Å². The van der Waals surface area contributed by atoms with Crippen LogP contribution in [0, 0.1) is 5.92 Å². The Labute approximate surface area is 142 Å². The summed E-state index contributed by atoms with van der Waals surface area (Å²) in [5.74, 6) is -0.0517. The topological polar surface area (TPSA) is 95.7 Å². The highest BCUT2D eigenvalue weighted by molar-refractivity contribution is 6.09. The molecule has 8 heteroatoms. The fraction of sp³-hybridized carbons (Fsp3) is 0.800. The molecule has 2 heterocycles. The summed E-state index contributed by atoms with van der Waals surface area (Å²) in [6, 6.07) is -0.421. The summed E-state index contributed by atoms with van der Waals surface area (Å²) in [7, 11) is 0. The lowest BCUT2D eigenvalue weighted by Crippen LogP contribution is -2.49. The average Bonchev–Trinajstić information content (AvgIpc) is 3.08. The van der Waals surface area contributed by atoms with Gasteiger partial charge in [-0.2, -0.15) is 0 Å². The van der Waals surface area contributed by atoms with Crippen LogP contribution in [0.1, 0.15) is 38.5 Å². The number of nitrogens with two attached hydrogens (primary N) is 1. The van der Waals surface area contributed by atoms with Crippen LogP contribution < -0.4 is 11.1 Å². The van der Waals surface area contributed by atoms with E-state index in [0.29, 0.717) is 38.4 Å². The van der Waals surface area contributed by atoms with Crippen molar-refractivity contribution in [2.24, 2.45) is 11.7 Å². The van der Waals surface area contributed by atoms with E-state index in [2.05, 4.69) is 5.32 Å². The molecule has 1 spiro atoms. The first-order valence-corrected chi connectivity index (χ1v) is 8.18. The second-order valence-electron chi connectivity index (χ2n) is 6.69. The normalized spacial score (nSPS) is 26.4. The van der Waals surface area contributed by atoms with Gasteiger partial charge in [-0.15, -0.1) is 12.4 Å². The number of urea groups is 1. The first kappa shape index (κ1) is 18.0. The standard InChI is InChI=1S/C15H24N4O3.ClH/c16-8-11-4-7-18(9-11)12(20)10-19-13(21)15(17-14(19)22)5-2-1-3-6-15;/h11H,1-10,16H2,(H,17,22);1H. The van der Waals surface area contributed by atoms with E-state index in [9.17, 15) is 14.4 Å². The van der Waals surface area contributed by atoms with Crippen LogP contribution in [-0.4, -0.2) is 59.4 Å². The van der Waals surface area contributed by atoms with Crippen molar-refractivity contribution in [3.63, 3.8) is 0 Å². The van der Waals surface area contributed by atoms with Crippen LogP contribution >= 0.6 is 12.4 Å². The van der Waals surface area contributed by atoms with Crippen LogP contribution in [0.3, 0.4) is 0 Å². The molecule has 3 rings (SSSR count). The van der Waals surface area contributed by atoms with Crippen molar-refractivity contribution in [1.82, 2.24) is 15.1 Å². The number of halogens is 1. The van der Waals surface area contributed by atoms with E-state index in [4.69, 9.17) is 5.73 Å². The summed E-state index contributed by atoms with van der Waals surface area (Å²) < 4.78 is 0. The summed E-state index contributed by atoms with van der Waals surface area (Å²) in [6.07, 6.45) is 5.24. The lowest BCUT2D eigenvalue weighted by atomic mass is 9.82. The molecule has 4 amide bonds. The molecule has 3 N–H and O–H groups in total. The Morgan fingerprint density at radius 2 is 1.96 bits per heavy atom. The van der Waals surface area contributed by atoms with E-state index < -0.39 is 11.6 Å². The van der Waals surface area contributed by atoms with E-state index >= 15 is 0 Å². The van der Waals surface area contributed by atoms with Crippen LogP contribution in [0.2, 0.25) is 0 Å². The van der Waals surface area contributed by atoms with Gasteiger partial charge in [-0.1, -0.05) is 19.3 Å². The molecule has 0 aromatic heterocycles. The highest BCUT2D eigenvalue weighted by Crippen LogP contribution is 2.33. The second-order valence-corrected chi connectivity index (χ2v) is 6.69. The minimum Gasteiger partial charge on any atom is -0.341 e. The lowest BCUT2D eigenvalue weighted by molar-refractivity contribution is -0.139. The van der Waals surface area contributed by atoms with E-state index in [1.165, 1.54) is 0 Å². The average molecular weight is 345 g/mol. The van der Waals surface area contributed by atoms with Crippen LogP contribution in [-0.2, 0) is 9.59 Å². The zero-order valence-corrected chi connectivity index (χ0v) is 14.1. The number of rotatable bonds is 3. The Kier molecular flexibility index (Phi) is 5.52. The molecule has 3 aliphatic rings. The lowest BCUT2D eigenvalue weighted by Gasteiger charge is -2.30. The van der Waals surface area contributed by atoms with E-state index in [0.717, 1.165) is 30.6 Å². The Morgan fingerprint density at radius 3 is 2.57 bits per heavy atom. The summed E-state index contributed by atoms with van der Waals surface area (Å²) in [6.45, 7) is 1.71. The number of nitrogens with one attached hydrogen (secondary N) is 1. The van der Waals surface area contributed by atoms with Gasteiger partial charge < -0.3 is 16.0 Å². The molecule has 0 aromatic rings. The van der Waals surface area contributed by atoms with Crippen molar-refractivity contribution in [3.8, 4) is 0 Å². The molecule has 1 atom stereocenters. The van der Waals surface area contributed by atoms with Gasteiger partial charge in [0.05, 0.1) is 0 Å². The molecule has 0 bridgehead atoms. The van der Waals surface area contributed by atoms with Crippen molar-refractivity contribution in [2.75, 3.05) is 26.2 Å². The van der Waals surface area contributed by atoms with Gasteiger partial charge in [0.15, 0.2) is 0 Å². The molecule has 2 saturated heterocycles. The summed E-state index contributed by atoms with van der Waals surface area (Å²) in [4.78, 5) is 39.9. The molecule has 1 unspecified atom stereocenters. The highest BCUT2D eigenvalue weighted by atomic mass is 35.5. The maximum absolute atomic E-state index is 12.6. The fourth-order valence-corrected chi connectivity index (χ4v) is 3.80. The number of carbonyl (C=O) groups is 3. The molecule has 7 nitrogen and oxygen atoms in total. The molecule has 1 saturated carbocycles. The van der Waals surface area contributed by atoms with Crippen LogP contribution in [0.15, 0.2) is 0 Å². The van der Waals surface area contributed by atoms with Crippen LogP contribution in [0.5, 0.6) is 0 Å².